The molecule has 1 N–H and O–H groups in total. The van der Waals surface area contributed by atoms with Crippen molar-refractivity contribution in [1.82, 2.24) is 10.2 Å². The number of hydrogen-bond acceptors (Lipinski definition) is 9. The van der Waals surface area contributed by atoms with Crippen LogP contribution in [0.1, 0.15) is 81.6 Å². The van der Waals surface area contributed by atoms with E-state index in [2.05, 4.69) is 5.32 Å². The summed E-state index contributed by atoms with van der Waals surface area (Å²) >= 11 is 0. The molecule has 1 amide bonds. The smallest absolute Gasteiger partial charge is 0.323 e. The highest BCUT2D eigenvalue weighted by Crippen LogP contribution is 2.18. The Kier molecular flexibility index (Phi) is 13.5. The molecule has 1 atom stereocenters. The van der Waals surface area contributed by atoms with Gasteiger partial charge in [0, 0.05) is 13.7 Å². The topological polar surface area (TPSA) is 120 Å². The Morgan fingerprint density at radius 3 is 1.60 bits per heavy atom. The third-order valence-electron chi connectivity index (χ3n) is 4.13. The highest BCUT2D eigenvalue weighted by atomic mass is 16.6. The maximum Gasteiger partial charge on any atom is 0.323 e. The van der Waals surface area contributed by atoms with Crippen molar-refractivity contribution in [1.29, 1.82) is 0 Å². The van der Waals surface area contributed by atoms with Crippen molar-refractivity contribution in [2.45, 2.75) is 104 Å². The van der Waals surface area contributed by atoms with E-state index in [-0.39, 0.29) is 25.6 Å². The van der Waals surface area contributed by atoms with Gasteiger partial charge in [0.1, 0.15) is 29.5 Å². The number of carbonyl (C=O) groups excluding carboxylic acids is 4. The molecule has 0 saturated heterocycles. The quantitative estimate of drug-likeness (QED) is 0.230. The Bertz CT molecular complexity index is 672. The summed E-state index contributed by atoms with van der Waals surface area (Å²) in [4.78, 5) is 51.4. The Hall–Kier alpha value is -2.20. The summed E-state index contributed by atoms with van der Waals surface area (Å²) in [6.07, 6.45) is 1.43. The Morgan fingerprint density at radius 2 is 1.20 bits per heavy atom. The van der Waals surface area contributed by atoms with Gasteiger partial charge < -0.3 is 24.3 Å². The molecule has 0 bridgehead atoms. The van der Waals surface area contributed by atoms with Gasteiger partial charge in [0.25, 0.3) is 0 Å². The molecule has 10 heteroatoms. The average molecular weight is 503 g/mol. The largest absolute Gasteiger partial charge is 0.459 e. The Balaban J connectivity index is 5.64. The molecule has 0 aliphatic carbocycles. The van der Waals surface area contributed by atoms with Crippen LogP contribution in [0.4, 0.5) is 0 Å². The fourth-order valence-electron chi connectivity index (χ4n) is 3.05. The van der Waals surface area contributed by atoms with Crippen LogP contribution in [0.5, 0.6) is 0 Å². The van der Waals surface area contributed by atoms with Crippen molar-refractivity contribution in [3.63, 3.8) is 0 Å². The zero-order chi connectivity index (χ0) is 27.4. The predicted molar refractivity (Wildman–Crippen MR) is 132 cm³/mol. The zero-order valence-corrected chi connectivity index (χ0v) is 23.2. The highest BCUT2D eigenvalue weighted by Gasteiger charge is 2.34. The molecule has 0 saturated carbocycles. The molecule has 10 nitrogen and oxygen atoms in total. The third-order valence-corrected chi connectivity index (χ3v) is 4.13. The number of hydrogen-bond donors (Lipinski definition) is 1. The molecule has 35 heavy (non-hydrogen) atoms. The molecule has 0 aromatic rings. The molecular formula is C25H46N2O8. The van der Waals surface area contributed by atoms with E-state index in [0.717, 1.165) is 0 Å². The number of nitrogens with zero attached hydrogens (tertiary/aromatic N) is 1. The van der Waals surface area contributed by atoms with Crippen LogP contribution in [0.15, 0.2) is 0 Å². The van der Waals surface area contributed by atoms with Crippen LogP contribution < -0.4 is 5.32 Å². The minimum Gasteiger partial charge on any atom is -0.459 e. The van der Waals surface area contributed by atoms with Crippen LogP contribution in [0.2, 0.25) is 0 Å². The van der Waals surface area contributed by atoms with Crippen LogP contribution in [0, 0.1) is 0 Å². The van der Waals surface area contributed by atoms with Gasteiger partial charge >= 0.3 is 17.9 Å². The summed E-state index contributed by atoms with van der Waals surface area (Å²) in [6.45, 7) is 15.5. The maximum absolute atomic E-state index is 13.1. The second kappa shape index (κ2) is 14.4. The number of ether oxygens (including phenoxy) is 4. The third kappa shape index (κ3) is 17.8. The lowest BCUT2D eigenvalue weighted by Gasteiger charge is -2.33. The Morgan fingerprint density at radius 1 is 0.743 bits per heavy atom. The van der Waals surface area contributed by atoms with Gasteiger partial charge in [-0.25, -0.2) is 0 Å². The van der Waals surface area contributed by atoms with Gasteiger partial charge in [-0.05, 0) is 81.6 Å². The zero-order valence-electron chi connectivity index (χ0n) is 23.2. The Labute approximate surface area is 210 Å². The first-order valence-electron chi connectivity index (χ1n) is 12.0. The van der Waals surface area contributed by atoms with Gasteiger partial charge in [-0.15, -0.1) is 0 Å². The number of methoxy groups -OCH3 is 1. The number of nitrogens with one attached hydrogen (secondary N) is 1. The first-order valence-corrected chi connectivity index (χ1v) is 12.0. The van der Waals surface area contributed by atoms with Gasteiger partial charge in [0.15, 0.2) is 0 Å². The van der Waals surface area contributed by atoms with Gasteiger partial charge in [0.05, 0.1) is 13.1 Å². The molecule has 0 aliphatic rings. The molecule has 0 radical (unpaired) electrons. The first-order chi connectivity index (χ1) is 15.8. The van der Waals surface area contributed by atoms with Crippen molar-refractivity contribution < 1.29 is 38.1 Å². The van der Waals surface area contributed by atoms with E-state index in [1.54, 1.807) is 62.3 Å². The molecule has 0 aromatic heterocycles. The summed E-state index contributed by atoms with van der Waals surface area (Å²) in [5.74, 6) is -1.91. The van der Waals surface area contributed by atoms with Crippen molar-refractivity contribution >= 4 is 23.8 Å². The van der Waals surface area contributed by atoms with Gasteiger partial charge in [0.2, 0.25) is 5.91 Å². The van der Waals surface area contributed by atoms with Crippen molar-refractivity contribution in [2.24, 2.45) is 0 Å². The van der Waals surface area contributed by atoms with Gasteiger partial charge in [-0.3, -0.25) is 24.1 Å². The van der Waals surface area contributed by atoms with Crippen molar-refractivity contribution in [3.8, 4) is 0 Å². The van der Waals surface area contributed by atoms with Gasteiger partial charge in [-0.2, -0.15) is 0 Å². The minimum atomic E-state index is -0.885. The molecule has 204 valence electrons. The summed E-state index contributed by atoms with van der Waals surface area (Å²) in [5, 5.41) is 2.73. The summed E-state index contributed by atoms with van der Waals surface area (Å²) < 4.78 is 21.2. The lowest BCUT2D eigenvalue weighted by molar-refractivity contribution is -0.168. The lowest BCUT2D eigenvalue weighted by Crippen LogP contribution is -2.50. The number of unbranched alkanes of at least 4 members (excludes halogenated alkanes) is 1. The molecule has 0 aliphatic heterocycles. The van der Waals surface area contributed by atoms with Gasteiger partial charge in [-0.1, -0.05) is 0 Å². The SMILES string of the molecule is COCC(=O)NCCCCC(C(=O)OC(C)(C)C)N(CC(=O)OC(C)(C)C)CC(=O)OC(C)(C)C. The average Bonchev–Trinajstić information content (AvgIpc) is 2.59. The summed E-state index contributed by atoms with van der Waals surface area (Å²) in [7, 11) is 1.44. The van der Waals surface area contributed by atoms with E-state index in [4.69, 9.17) is 18.9 Å². The van der Waals surface area contributed by atoms with Crippen molar-refractivity contribution in [2.75, 3.05) is 33.4 Å². The monoisotopic (exact) mass is 502 g/mol. The van der Waals surface area contributed by atoms with Crippen LogP contribution >= 0.6 is 0 Å². The van der Waals surface area contributed by atoms with Crippen LogP contribution in [-0.4, -0.2) is 84.9 Å². The van der Waals surface area contributed by atoms with Crippen LogP contribution in [0.3, 0.4) is 0 Å². The lowest BCUT2D eigenvalue weighted by atomic mass is 10.1. The molecular weight excluding hydrogens is 456 g/mol. The van der Waals surface area contributed by atoms with E-state index in [0.29, 0.717) is 25.8 Å². The molecule has 1 unspecified atom stereocenters. The van der Waals surface area contributed by atoms with E-state index >= 15 is 0 Å². The number of rotatable bonds is 13. The maximum atomic E-state index is 13.1. The van der Waals surface area contributed by atoms with Crippen molar-refractivity contribution in [3.05, 3.63) is 0 Å². The summed E-state index contributed by atoms with van der Waals surface area (Å²) in [5.41, 5.74) is -2.21. The fourth-order valence-corrected chi connectivity index (χ4v) is 3.05. The predicted octanol–water partition coefficient (Wildman–Crippen LogP) is 2.62. The highest BCUT2D eigenvalue weighted by molar-refractivity contribution is 5.80. The molecule has 0 aromatic carbocycles. The fraction of sp³-hybridized carbons (Fsp3) is 0.840. The second-order valence-corrected chi connectivity index (χ2v) is 11.4. The van der Waals surface area contributed by atoms with Crippen LogP contribution in [0.25, 0.3) is 0 Å². The molecule has 0 heterocycles. The number of carbonyl (C=O) groups is 4. The number of esters is 3. The number of amides is 1. The summed E-state index contributed by atoms with van der Waals surface area (Å²) in [6, 6.07) is -0.885. The van der Waals surface area contributed by atoms with E-state index in [1.807, 2.05) is 0 Å². The molecule has 0 rings (SSSR count). The molecule has 0 spiro atoms. The van der Waals surface area contributed by atoms with E-state index in [9.17, 15) is 19.2 Å². The molecule has 0 fully saturated rings. The second-order valence-electron chi connectivity index (χ2n) is 11.4. The van der Waals surface area contributed by atoms with E-state index in [1.165, 1.54) is 12.0 Å². The van der Waals surface area contributed by atoms with E-state index < -0.39 is 40.8 Å². The van der Waals surface area contributed by atoms with Crippen LogP contribution in [-0.2, 0) is 38.1 Å². The normalized spacial score (nSPS) is 13.2. The first kappa shape index (κ1) is 32.8. The minimum absolute atomic E-state index is 0.0277. The standard InChI is InChI=1S/C25H46N2O8/c1-23(2,3)33-20(29)15-27(16-21(30)34-24(4,5)6)18(22(31)35-25(7,8)9)13-11-12-14-26-19(28)17-32-10/h18H,11-17H2,1-10H3,(H,26,28).